The summed E-state index contributed by atoms with van der Waals surface area (Å²) in [5.41, 5.74) is 1.98. The molecule has 0 aliphatic heterocycles. The fraction of sp³-hybridized carbons (Fsp3) is 0.143. The maximum absolute atomic E-state index is 10.3. The summed E-state index contributed by atoms with van der Waals surface area (Å²) in [5.74, 6) is 0. The Hall–Kier alpha value is -0.160. The number of benzene rings is 2. The van der Waals surface area contributed by atoms with Crippen molar-refractivity contribution in [1.82, 2.24) is 0 Å². The Labute approximate surface area is 132 Å². The monoisotopic (exact) mass is 432 g/mol. The molecule has 1 nitrogen and oxygen atoms in total. The summed E-state index contributed by atoms with van der Waals surface area (Å²) in [5, 5.41) is 10.3. The molecule has 2 aromatic rings. The zero-order valence-electron chi connectivity index (χ0n) is 9.41. The van der Waals surface area contributed by atoms with Gasteiger partial charge in [0.1, 0.15) is 0 Å². The highest BCUT2D eigenvalue weighted by Crippen LogP contribution is 2.30. The first-order valence-corrected chi connectivity index (χ1v) is 7.82. The van der Waals surface area contributed by atoms with Crippen LogP contribution in [0.2, 0.25) is 0 Å². The van der Waals surface area contributed by atoms with E-state index in [0.717, 1.165) is 24.5 Å². The summed E-state index contributed by atoms with van der Waals surface area (Å²) in [6.45, 7) is 0. The largest absolute Gasteiger partial charge is 0.388 e. The van der Waals surface area contributed by atoms with Gasteiger partial charge in [0.15, 0.2) is 0 Å². The fourth-order valence-electron chi connectivity index (χ4n) is 1.75. The molecule has 0 heterocycles. The van der Waals surface area contributed by atoms with Gasteiger partial charge in [-0.1, -0.05) is 66.0 Å². The van der Waals surface area contributed by atoms with Crippen LogP contribution in [0.15, 0.2) is 55.9 Å². The van der Waals surface area contributed by atoms with Crippen molar-refractivity contribution in [3.8, 4) is 0 Å². The van der Waals surface area contributed by atoms with E-state index < -0.39 is 6.10 Å². The molecule has 1 N–H and O–H groups in total. The first kappa shape index (κ1) is 14.3. The maximum atomic E-state index is 10.3. The predicted molar refractivity (Wildman–Crippen MR) is 84.6 cm³/mol. The Morgan fingerprint density at radius 1 is 0.944 bits per heavy atom. The molecule has 2 rings (SSSR count). The van der Waals surface area contributed by atoms with E-state index in [0.29, 0.717) is 6.42 Å². The van der Waals surface area contributed by atoms with Crippen LogP contribution in [0, 0.1) is 0 Å². The van der Waals surface area contributed by atoms with Crippen molar-refractivity contribution >= 4 is 47.8 Å². The lowest BCUT2D eigenvalue weighted by atomic mass is 10.0. The van der Waals surface area contributed by atoms with Gasteiger partial charge in [0.2, 0.25) is 0 Å². The van der Waals surface area contributed by atoms with E-state index in [4.69, 9.17) is 0 Å². The Morgan fingerprint density at radius 2 is 1.67 bits per heavy atom. The van der Waals surface area contributed by atoms with Gasteiger partial charge in [-0.3, -0.25) is 0 Å². The molecule has 0 aliphatic rings. The third-order valence-electron chi connectivity index (χ3n) is 2.69. The van der Waals surface area contributed by atoms with Gasteiger partial charge >= 0.3 is 0 Å². The lowest BCUT2D eigenvalue weighted by molar-refractivity contribution is 0.177. The Morgan fingerprint density at radius 3 is 2.39 bits per heavy atom. The quantitative estimate of drug-likeness (QED) is 0.699. The molecular formula is C14H11Br3O. The molecule has 0 aromatic heterocycles. The fourth-order valence-corrected chi connectivity index (χ4v) is 3.09. The summed E-state index contributed by atoms with van der Waals surface area (Å²) in [7, 11) is 0. The van der Waals surface area contributed by atoms with Crippen molar-refractivity contribution in [1.29, 1.82) is 0 Å². The Bertz CT molecular complexity index is 554. The standard InChI is InChI=1S/C14H11Br3O/c15-10-5-6-13(17)11(8-10)14(18)7-9-3-1-2-4-12(9)16/h1-6,8,14,18H,7H2. The van der Waals surface area contributed by atoms with Crippen molar-refractivity contribution in [3.05, 3.63) is 67.0 Å². The predicted octanol–water partition coefficient (Wildman–Crippen LogP) is 5.25. The van der Waals surface area contributed by atoms with Crippen LogP contribution in [0.5, 0.6) is 0 Å². The minimum Gasteiger partial charge on any atom is -0.388 e. The average Bonchev–Trinajstić information content (AvgIpc) is 2.35. The van der Waals surface area contributed by atoms with Crippen LogP contribution >= 0.6 is 47.8 Å². The molecule has 0 fully saturated rings. The number of aliphatic hydroxyl groups is 1. The number of aliphatic hydroxyl groups excluding tert-OH is 1. The molecule has 18 heavy (non-hydrogen) atoms. The number of hydrogen-bond donors (Lipinski definition) is 1. The van der Waals surface area contributed by atoms with Gasteiger partial charge in [-0.2, -0.15) is 0 Å². The molecule has 94 valence electrons. The highest BCUT2D eigenvalue weighted by atomic mass is 79.9. The van der Waals surface area contributed by atoms with E-state index in [1.165, 1.54) is 0 Å². The highest BCUT2D eigenvalue weighted by molar-refractivity contribution is 9.11. The lowest BCUT2D eigenvalue weighted by Crippen LogP contribution is -2.03. The van der Waals surface area contributed by atoms with Gasteiger partial charge < -0.3 is 5.11 Å². The number of halogens is 3. The van der Waals surface area contributed by atoms with Crippen molar-refractivity contribution in [2.45, 2.75) is 12.5 Å². The first-order valence-electron chi connectivity index (χ1n) is 5.44. The van der Waals surface area contributed by atoms with Gasteiger partial charge in [-0.05, 0) is 35.4 Å². The first-order chi connectivity index (χ1) is 8.58. The number of hydrogen-bond acceptors (Lipinski definition) is 1. The maximum Gasteiger partial charge on any atom is 0.0842 e. The van der Waals surface area contributed by atoms with Crippen molar-refractivity contribution in [3.63, 3.8) is 0 Å². The summed E-state index contributed by atoms with van der Waals surface area (Å²) in [6, 6.07) is 13.8. The van der Waals surface area contributed by atoms with E-state index >= 15 is 0 Å². The van der Waals surface area contributed by atoms with Gasteiger partial charge in [0.25, 0.3) is 0 Å². The molecule has 1 unspecified atom stereocenters. The molecule has 0 radical (unpaired) electrons. The van der Waals surface area contributed by atoms with Crippen LogP contribution in [-0.2, 0) is 6.42 Å². The van der Waals surface area contributed by atoms with Crippen molar-refractivity contribution in [2.75, 3.05) is 0 Å². The summed E-state index contributed by atoms with van der Waals surface area (Å²) in [4.78, 5) is 0. The molecule has 2 aromatic carbocycles. The van der Waals surface area contributed by atoms with Gasteiger partial charge in [-0.15, -0.1) is 0 Å². The van der Waals surface area contributed by atoms with Gasteiger partial charge in [0, 0.05) is 19.8 Å². The van der Waals surface area contributed by atoms with E-state index in [-0.39, 0.29) is 0 Å². The van der Waals surface area contributed by atoms with E-state index in [1.54, 1.807) is 0 Å². The van der Waals surface area contributed by atoms with Crippen LogP contribution in [0.25, 0.3) is 0 Å². The summed E-state index contributed by atoms with van der Waals surface area (Å²) >= 11 is 10.4. The molecule has 0 saturated heterocycles. The van der Waals surface area contributed by atoms with Crippen LogP contribution in [0.1, 0.15) is 17.2 Å². The molecule has 0 amide bonds. The smallest absolute Gasteiger partial charge is 0.0842 e. The minimum absolute atomic E-state index is 0.532. The Balaban J connectivity index is 2.25. The highest BCUT2D eigenvalue weighted by Gasteiger charge is 2.13. The van der Waals surface area contributed by atoms with Crippen molar-refractivity contribution < 1.29 is 5.11 Å². The van der Waals surface area contributed by atoms with Crippen molar-refractivity contribution in [2.24, 2.45) is 0 Å². The van der Waals surface area contributed by atoms with E-state index in [9.17, 15) is 5.11 Å². The summed E-state index contributed by atoms with van der Waals surface area (Å²) in [6.07, 6.45) is 0.0480. The average molecular weight is 435 g/mol. The van der Waals surface area contributed by atoms with Crippen LogP contribution in [0.3, 0.4) is 0 Å². The van der Waals surface area contributed by atoms with Crippen LogP contribution in [0.4, 0.5) is 0 Å². The van der Waals surface area contributed by atoms with Crippen LogP contribution < -0.4 is 0 Å². The molecule has 0 bridgehead atoms. The molecule has 0 spiro atoms. The minimum atomic E-state index is -0.532. The molecule has 1 atom stereocenters. The van der Waals surface area contributed by atoms with Gasteiger partial charge in [0.05, 0.1) is 6.10 Å². The number of rotatable bonds is 3. The molecule has 0 saturated carbocycles. The third-order valence-corrected chi connectivity index (χ3v) is 4.68. The van der Waals surface area contributed by atoms with E-state index in [2.05, 4.69) is 47.8 Å². The Kier molecular flexibility index (Phi) is 5.01. The second-order valence-electron chi connectivity index (χ2n) is 3.98. The molecule has 0 aliphatic carbocycles. The third kappa shape index (κ3) is 3.44. The zero-order valence-corrected chi connectivity index (χ0v) is 14.2. The zero-order chi connectivity index (χ0) is 13.1. The topological polar surface area (TPSA) is 20.2 Å². The second-order valence-corrected chi connectivity index (χ2v) is 6.60. The summed E-state index contributed by atoms with van der Waals surface area (Å²) < 4.78 is 2.91. The molecular weight excluding hydrogens is 424 g/mol. The van der Waals surface area contributed by atoms with E-state index in [1.807, 2.05) is 42.5 Å². The second kappa shape index (κ2) is 6.33. The van der Waals surface area contributed by atoms with Gasteiger partial charge in [-0.25, -0.2) is 0 Å². The molecule has 4 heteroatoms. The normalized spacial score (nSPS) is 12.4. The van der Waals surface area contributed by atoms with Crippen LogP contribution in [-0.4, -0.2) is 5.11 Å². The SMILES string of the molecule is OC(Cc1ccccc1Br)c1cc(Br)ccc1Br. The lowest BCUT2D eigenvalue weighted by Gasteiger charge is -2.14.